The van der Waals surface area contributed by atoms with Gasteiger partial charge < -0.3 is 19.7 Å². The summed E-state index contributed by atoms with van der Waals surface area (Å²) < 4.78 is 9.66. The zero-order valence-corrected chi connectivity index (χ0v) is 17.5. The monoisotopic (exact) mass is 386 g/mol. The highest BCUT2D eigenvalue weighted by molar-refractivity contribution is 6.02. The number of esters is 2. The molecular weight excluding hydrogens is 360 g/mol. The van der Waals surface area contributed by atoms with Gasteiger partial charge in [-0.15, -0.1) is 0 Å². The van der Waals surface area contributed by atoms with E-state index in [0.717, 1.165) is 11.1 Å². The minimum absolute atomic E-state index is 0.0391. The molecule has 0 unspecified atom stereocenters. The fraction of sp³-hybridized carbons (Fsp3) is 0.364. The molecule has 0 saturated carbocycles. The molecule has 150 valence electrons. The van der Waals surface area contributed by atoms with Crippen molar-refractivity contribution in [2.45, 2.75) is 41.5 Å². The van der Waals surface area contributed by atoms with Crippen molar-refractivity contribution in [2.75, 3.05) is 14.2 Å². The molecule has 0 spiro atoms. The van der Waals surface area contributed by atoms with E-state index in [1.165, 1.54) is 14.2 Å². The van der Waals surface area contributed by atoms with Crippen LogP contribution in [0.5, 0.6) is 11.5 Å². The molecule has 28 heavy (non-hydrogen) atoms. The second-order valence-corrected chi connectivity index (χ2v) is 6.93. The number of carbonyl (C=O) groups excluding carboxylic acids is 2. The molecular formula is C22H26O6. The van der Waals surface area contributed by atoms with Crippen LogP contribution in [0.4, 0.5) is 0 Å². The summed E-state index contributed by atoms with van der Waals surface area (Å²) in [5.41, 5.74) is 4.82. The summed E-state index contributed by atoms with van der Waals surface area (Å²) in [4.78, 5) is 24.6. The Kier molecular flexibility index (Phi) is 5.73. The van der Waals surface area contributed by atoms with Crippen LogP contribution in [0.25, 0.3) is 11.1 Å². The topological polar surface area (TPSA) is 93.1 Å². The first-order valence-corrected chi connectivity index (χ1v) is 8.83. The van der Waals surface area contributed by atoms with Gasteiger partial charge in [-0.2, -0.15) is 0 Å². The lowest BCUT2D eigenvalue weighted by Gasteiger charge is -2.23. The first-order valence-electron chi connectivity index (χ1n) is 8.83. The number of benzene rings is 2. The van der Waals surface area contributed by atoms with Gasteiger partial charge in [0.05, 0.1) is 14.2 Å². The number of methoxy groups -OCH3 is 2. The van der Waals surface area contributed by atoms with E-state index in [1.54, 1.807) is 27.7 Å². The van der Waals surface area contributed by atoms with Gasteiger partial charge in [-0.1, -0.05) is 0 Å². The summed E-state index contributed by atoms with van der Waals surface area (Å²) in [7, 11) is 2.48. The average Bonchev–Trinajstić information content (AvgIpc) is 2.66. The van der Waals surface area contributed by atoms with Crippen LogP contribution in [-0.4, -0.2) is 36.4 Å². The summed E-state index contributed by atoms with van der Waals surface area (Å²) >= 11 is 0. The van der Waals surface area contributed by atoms with Gasteiger partial charge >= 0.3 is 11.9 Å². The van der Waals surface area contributed by atoms with E-state index < -0.39 is 11.9 Å². The molecule has 0 aliphatic rings. The lowest BCUT2D eigenvalue weighted by Crippen LogP contribution is -2.11. The van der Waals surface area contributed by atoms with Gasteiger partial charge in [0.1, 0.15) is 22.6 Å². The fourth-order valence-corrected chi connectivity index (χ4v) is 3.59. The number of carbonyl (C=O) groups is 2. The highest BCUT2D eigenvalue weighted by Gasteiger charge is 2.30. The van der Waals surface area contributed by atoms with Crippen molar-refractivity contribution in [3.05, 3.63) is 44.5 Å². The van der Waals surface area contributed by atoms with E-state index in [9.17, 15) is 19.8 Å². The maximum absolute atomic E-state index is 12.3. The van der Waals surface area contributed by atoms with Gasteiger partial charge in [0, 0.05) is 11.1 Å². The number of phenols is 2. The first kappa shape index (κ1) is 21.3. The lowest BCUT2D eigenvalue weighted by molar-refractivity contribution is 0.0586. The molecule has 0 atom stereocenters. The number of phenolic OH excluding ortho intramolecular Hbond substituents is 2. The van der Waals surface area contributed by atoms with Crippen molar-refractivity contribution in [1.29, 1.82) is 0 Å². The van der Waals surface area contributed by atoms with Crippen molar-refractivity contribution in [3.63, 3.8) is 0 Å². The van der Waals surface area contributed by atoms with Crippen molar-refractivity contribution in [3.8, 4) is 22.6 Å². The summed E-state index contributed by atoms with van der Waals surface area (Å²) in [6.07, 6.45) is 0. The number of rotatable bonds is 3. The molecule has 0 aromatic heterocycles. The minimum atomic E-state index is -0.673. The quantitative estimate of drug-likeness (QED) is 0.769. The number of ether oxygens (including phenoxy) is 2. The smallest absolute Gasteiger partial charge is 0.341 e. The molecule has 2 N–H and O–H groups in total. The number of hydrogen-bond donors (Lipinski definition) is 2. The minimum Gasteiger partial charge on any atom is -0.506 e. The Hall–Kier alpha value is -3.02. The highest BCUT2D eigenvalue weighted by Crippen LogP contribution is 2.47. The molecule has 6 heteroatoms. The zero-order chi connectivity index (χ0) is 21.5. The Bertz CT molecular complexity index is 920. The molecule has 0 heterocycles. The maximum atomic E-state index is 12.3. The summed E-state index contributed by atoms with van der Waals surface area (Å²) in [5.74, 6) is -1.92. The van der Waals surface area contributed by atoms with E-state index in [4.69, 9.17) is 9.47 Å². The van der Waals surface area contributed by atoms with E-state index >= 15 is 0 Å². The van der Waals surface area contributed by atoms with Crippen LogP contribution in [0.1, 0.15) is 54.1 Å². The predicted octanol–water partition coefficient (Wildman–Crippen LogP) is 4.19. The Labute approximate surface area is 164 Å². The Morgan fingerprint density at radius 1 is 0.571 bits per heavy atom. The van der Waals surface area contributed by atoms with Crippen LogP contribution in [0.15, 0.2) is 0 Å². The van der Waals surface area contributed by atoms with E-state index in [-0.39, 0.29) is 22.6 Å². The summed E-state index contributed by atoms with van der Waals surface area (Å²) in [6, 6.07) is 0. The fourth-order valence-electron chi connectivity index (χ4n) is 3.59. The molecule has 2 aromatic rings. The van der Waals surface area contributed by atoms with Crippen LogP contribution < -0.4 is 0 Å². The summed E-state index contributed by atoms with van der Waals surface area (Å²) in [5, 5.41) is 22.0. The third kappa shape index (κ3) is 2.99. The van der Waals surface area contributed by atoms with Gasteiger partial charge in [-0.3, -0.25) is 0 Å². The number of hydrogen-bond acceptors (Lipinski definition) is 6. The van der Waals surface area contributed by atoms with E-state index in [2.05, 4.69) is 0 Å². The van der Waals surface area contributed by atoms with Crippen LogP contribution in [0, 0.1) is 41.5 Å². The van der Waals surface area contributed by atoms with Crippen molar-refractivity contribution >= 4 is 11.9 Å². The van der Waals surface area contributed by atoms with Gasteiger partial charge in [0.15, 0.2) is 0 Å². The van der Waals surface area contributed by atoms with Crippen molar-refractivity contribution in [1.82, 2.24) is 0 Å². The Balaban J connectivity index is 3.09. The van der Waals surface area contributed by atoms with Crippen molar-refractivity contribution < 1.29 is 29.3 Å². The number of aromatic hydroxyl groups is 2. The molecule has 0 bridgehead atoms. The van der Waals surface area contributed by atoms with Crippen LogP contribution in [-0.2, 0) is 9.47 Å². The molecule has 2 aromatic carbocycles. The van der Waals surface area contributed by atoms with Gasteiger partial charge in [-0.25, -0.2) is 9.59 Å². The van der Waals surface area contributed by atoms with Gasteiger partial charge in [0.25, 0.3) is 0 Å². The molecule has 2 rings (SSSR count). The molecule has 0 amide bonds. The molecule has 0 fully saturated rings. The lowest BCUT2D eigenvalue weighted by atomic mass is 9.83. The SMILES string of the molecule is COC(=O)c1c(C)c(C)c(C)c(-c2c(C)c(C)c(C)c(C(=O)OC)c2O)c1O. The second kappa shape index (κ2) is 7.54. The molecule has 0 aliphatic carbocycles. The molecule has 0 aliphatic heterocycles. The first-order chi connectivity index (χ1) is 13.0. The standard InChI is InChI=1S/C22H26O6/c1-9-11(3)15(19(23)17(13(9)5)21(25)27-7)16-12(4)10(2)14(6)18(20(16)24)22(26)28-8/h23-24H,1-8H3. The summed E-state index contributed by atoms with van der Waals surface area (Å²) in [6.45, 7) is 10.7. The third-order valence-electron chi connectivity index (χ3n) is 5.73. The zero-order valence-electron chi connectivity index (χ0n) is 17.5. The average molecular weight is 386 g/mol. The van der Waals surface area contributed by atoms with E-state index in [0.29, 0.717) is 33.4 Å². The maximum Gasteiger partial charge on any atom is 0.341 e. The Morgan fingerprint density at radius 2 is 0.857 bits per heavy atom. The van der Waals surface area contributed by atoms with Crippen LogP contribution in [0.2, 0.25) is 0 Å². The Morgan fingerprint density at radius 3 is 1.11 bits per heavy atom. The molecule has 0 radical (unpaired) electrons. The largest absolute Gasteiger partial charge is 0.506 e. The highest BCUT2D eigenvalue weighted by atomic mass is 16.5. The normalized spacial score (nSPS) is 10.7. The van der Waals surface area contributed by atoms with Gasteiger partial charge in [-0.05, 0) is 74.9 Å². The third-order valence-corrected chi connectivity index (χ3v) is 5.73. The second-order valence-electron chi connectivity index (χ2n) is 6.93. The van der Waals surface area contributed by atoms with E-state index in [1.807, 2.05) is 13.8 Å². The molecule has 6 nitrogen and oxygen atoms in total. The molecule has 0 saturated heterocycles. The predicted molar refractivity (Wildman–Crippen MR) is 106 cm³/mol. The van der Waals surface area contributed by atoms with Crippen LogP contribution in [0.3, 0.4) is 0 Å². The van der Waals surface area contributed by atoms with Crippen molar-refractivity contribution in [2.24, 2.45) is 0 Å². The van der Waals surface area contributed by atoms with Gasteiger partial charge in [0.2, 0.25) is 0 Å². The van der Waals surface area contributed by atoms with Crippen LogP contribution >= 0.6 is 0 Å².